The number of carbonyl (C=O) groups excluding carboxylic acids is 1. The van der Waals surface area contributed by atoms with Gasteiger partial charge in [0.15, 0.2) is 5.78 Å². The number of rotatable bonds is 4. The molecule has 0 spiro atoms. The van der Waals surface area contributed by atoms with Gasteiger partial charge < -0.3 is 0 Å². The molecule has 0 unspecified atom stereocenters. The largest absolute Gasteiger partial charge is 0.292 e. The number of nitrogens with zero attached hydrogens (tertiary/aromatic N) is 3. The molecule has 0 fully saturated rings. The molecule has 94 valence electrons. The van der Waals surface area contributed by atoms with E-state index in [1.807, 2.05) is 32.2 Å². The van der Waals surface area contributed by atoms with Crippen LogP contribution in [0.15, 0.2) is 24.3 Å². The van der Waals surface area contributed by atoms with Gasteiger partial charge in [0.1, 0.15) is 5.69 Å². The first-order chi connectivity index (χ1) is 8.60. The average Bonchev–Trinajstić information content (AvgIpc) is 2.70. The summed E-state index contributed by atoms with van der Waals surface area (Å²) in [6, 6.07) is 7.48. The Hall–Kier alpha value is -1.97. The highest BCUT2D eigenvalue weighted by atomic mass is 16.1. The summed E-state index contributed by atoms with van der Waals surface area (Å²) in [7, 11) is 1.87. The molecule has 0 amide bonds. The summed E-state index contributed by atoms with van der Waals surface area (Å²) in [6.07, 6.45) is 1.23. The van der Waals surface area contributed by atoms with Gasteiger partial charge in [-0.05, 0) is 31.5 Å². The summed E-state index contributed by atoms with van der Waals surface area (Å²) in [5.41, 5.74) is 3.33. The SMILES string of the molecule is CCc1cc(CC(=O)c2cccc(C)n2)n(C)n1. The highest BCUT2D eigenvalue weighted by molar-refractivity contribution is 5.95. The Morgan fingerprint density at radius 2 is 2.17 bits per heavy atom. The molecule has 2 heterocycles. The fourth-order valence-electron chi connectivity index (χ4n) is 1.86. The summed E-state index contributed by atoms with van der Waals surface area (Å²) in [4.78, 5) is 16.4. The van der Waals surface area contributed by atoms with Crippen LogP contribution < -0.4 is 0 Å². The predicted octanol–water partition coefficient (Wildman–Crippen LogP) is 2.11. The van der Waals surface area contributed by atoms with E-state index in [2.05, 4.69) is 17.0 Å². The molecular weight excluding hydrogens is 226 g/mol. The molecule has 4 nitrogen and oxygen atoms in total. The molecule has 2 aromatic heterocycles. The molecular formula is C14H17N3O. The maximum absolute atomic E-state index is 12.1. The summed E-state index contributed by atoms with van der Waals surface area (Å²) in [5, 5.41) is 4.34. The number of hydrogen-bond acceptors (Lipinski definition) is 3. The standard InChI is InChI=1S/C14H17N3O/c1-4-11-8-12(17(3)16-11)9-14(18)13-7-5-6-10(2)15-13/h5-8H,4,9H2,1-3H3. The van der Waals surface area contributed by atoms with Crippen molar-refractivity contribution >= 4 is 5.78 Å². The van der Waals surface area contributed by atoms with Crippen molar-refractivity contribution in [3.8, 4) is 0 Å². The molecule has 0 aromatic carbocycles. The fraction of sp³-hybridized carbons (Fsp3) is 0.357. The van der Waals surface area contributed by atoms with Gasteiger partial charge in [0.2, 0.25) is 0 Å². The van der Waals surface area contributed by atoms with Gasteiger partial charge >= 0.3 is 0 Å². The Morgan fingerprint density at radius 3 is 2.78 bits per heavy atom. The second kappa shape index (κ2) is 5.12. The zero-order valence-corrected chi connectivity index (χ0v) is 11.0. The topological polar surface area (TPSA) is 47.8 Å². The van der Waals surface area contributed by atoms with Crippen LogP contribution in [0.1, 0.15) is 34.5 Å². The Morgan fingerprint density at radius 1 is 1.39 bits per heavy atom. The van der Waals surface area contributed by atoms with Gasteiger partial charge in [-0.2, -0.15) is 5.10 Å². The number of Topliss-reactive ketones (excluding diaryl/α,β-unsaturated/α-hetero) is 1. The molecule has 0 saturated heterocycles. The molecule has 0 atom stereocenters. The van der Waals surface area contributed by atoms with E-state index >= 15 is 0 Å². The second-order valence-electron chi connectivity index (χ2n) is 4.37. The summed E-state index contributed by atoms with van der Waals surface area (Å²) < 4.78 is 1.77. The maximum atomic E-state index is 12.1. The number of aryl methyl sites for hydroxylation is 3. The molecule has 2 aromatic rings. The van der Waals surface area contributed by atoms with Crippen LogP contribution in [-0.2, 0) is 19.9 Å². The predicted molar refractivity (Wildman–Crippen MR) is 69.6 cm³/mol. The molecule has 0 N–H and O–H groups in total. The minimum atomic E-state index is 0.0318. The number of hydrogen-bond donors (Lipinski definition) is 0. The monoisotopic (exact) mass is 243 g/mol. The Kier molecular flexibility index (Phi) is 3.55. The van der Waals surface area contributed by atoms with Crippen LogP contribution in [0.2, 0.25) is 0 Å². The number of pyridine rings is 1. The number of carbonyl (C=O) groups is 1. The number of ketones is 1. The first-order valence-corrected chi connectivity index (χ1v) is 6.08. The first kappa shape index (κ1) is 12.5. The minimum absolute atomic E-state index is 0.0318. The van der Waals surface area contributed by atoms with E-state index in [1.165, 1.54) is 0 Å². The average molecular weight is 243 g/mol. The van der Waals surface area contributed by atoms with Crippen LogP contribution in [-0.4, -0.2) is 20.5 Å². The molecule has 0 aliphatic rings. The van der Waals surface area contributed by atoms with Crippen LogP contribution in [0.25, 0.3) is 0 Å². The van der Waals surface area contributed by atoms with Gasteiger partial charge in [-0.15, -0.1) is 0 Å². The molecule has 0 aliphatic carbocycles. The van der Waals surface area contributed by atoms with Crippen LogP contribution in [0.5, 0.6) is 0 Å². The van der Waals surface area contributed by atoms with E-state index in [4.69, 9.17) is 0 Å². The van der Waals surface area contributed by atoms with Crippen molar-refractivity contribution < 1.29 is 4.79 Å². The molecule has 0 aliphatic heterocycles. The smallest absolute Gasteiger partial charge is 0.187 e. The third kappa shape index (κ3) is 2.64. The van der Waals surface area contributed by atoms with E-state index in [9.17, 15) is 4.79 Å². The van der Waals surface area contributed by atoms with E-state index in [-0.39, 0.29) is 5.78 Å². The zero-order chi connectivity index (χ0) is 13.1. The van der Waals surface area contributed by atoms with Crippen molar-refractivity contribution in [3.63, 3.8) is 0 Å². The first-order valence-electron chi connectivity index (χ1n) is 6.08. The highest BCUT2D eigenvalue weighted by Crippen LogP contribution is 2.08. The van der Waals surface area contributed by atoms with Gasteiger partial charge in [-0.1, -0.05) is 13.0 Å². The van der Waals surface area contributed by atoms with Crippen molar-refractivity contribution in [3.05, 3.63) is 47.0 Å². The summed E-state index contributed by atoms with van der Waals surface area (Å²) >= 11 is 0. The van der Waals surface area contributed by atoms with Crippen molar-refractivity contribution in [1.29, 1.82) is 0 Å². The minimum Gasteiger partial charge on any atom is -0.292 e. The van der Waals surface area contributed by atoms with Gasteiger partial charge in [-0.3, -0.25) is 14.5 Å². The zero-order valence-electron chi connectivity index (χ0n) is 11.0. The normalized spacial score (nSPS) is 10.6. The third-order valence-electron chi connectivity index (χ3n) is 2.91. The second-order valence-corrected chi connectivity index (χ2v) is 4.37. The van der Waals surface area contributed by atoms with Crippen molar-refractivity contribution in [2.45, 2.75) is 26.7 Å². The van der Waals surface area contributed by atoms with Gasteiger partial charge in [0, 0.05) is 18.4 Å². The summed E-state index contributed by atoms with van der Waals surface area (Å²) in [6.45, 7) is 3.94. The maximum Gasteiger partial charge on any atom is 0.187 e. The van der Waals surface area contributed by atoms with Crippen molar-refractivity contribution in [2.75, 3.05) is 0 Å². The Bertz CT molecular complexity index is 572. The molecule has 4 heteroatoms. The van der Waals surface area contributed by atoms with E-state index < -0.39 is 0 Å². The van der Waals surface area contributed by atoms with E-state index in [0.29, 0.717) is 12.1 Å². The fourth-order valence-corrected chi connectivity index (χ4v) is 1.86. The van der Waals surface area contributed by atoms with Crippen LogP contribution in [0.4, 0.5) is 0 Å². The highest BCUT2D eigenvalue weighted by Gasteiger charge is 2.12. The van der Waals surface area contributed by atoms with Crippen LogP contribution >= 0.6 is 0 Å². The van der Waals surface area contributed by atoms with Gasteiger partial charge in [0.05, 0.1) is 12.1 Å². The molecule has 0 radical (unpaired) electrons. The molecule has 2 rings (SSSR count). The third-order valence-corrected chi connectivity index (χ3v) is 2.91. The lowest BCUT2D eigenvalue weighted by molar-refractivity contribution is 0.0986. The van der Waals surface area contributed by atoms with Gasteiger partial charge in [0.25, 0.3) is 0 Å². The Balaban J connectivity index is 2.18. The quantitative estimate of drug-likeness (QED) is 0.773. The summed E-state index contributed by atoms with van der Waals surface area (Å²) in [5.74, 6) is 0.0318. The lowest BCUT2D eigenvalue weighted by Gasteiger charge is -2.02. The van der Waals surface area contributed by atoms with Crippen LogP contribution in [0.3, 0.4) is 0 Å². The Labute approximate surface area is 107 Å². The van der Waals surface area contributed by atoms with Gasteiger partial charge in [-0.25, -0.2) is 0 Å². The van der Waals surface area contributed by atoms with Crippen molar-refractivity contribution in [1.82, 2.24) is 14.8 Å². The molecule has 0 saturated carbocycles. The van der Waals surface area contributed by atoms with Crippen molar-refractivity contribution in [2.24, 2.45) is 7.05 Å². The van der Waals surface area contributed by atoms with Crippen LogP contribution in [0, 0.1) is 6.92 Å². The molecule has 0 bridgehead atoms. The number of aromatic nitrogens is 3. The molecule has 18 heavy (non-hydrogen) atoms. The lowest BCUT2D eigenvalue weighted by atomic mass is 10.1. The van der Waals surface area contributed by atoms with E-state index in [1.54, 1.807) is 10.7 Å². The van der Waals surface area contributed by atoms with E-state index in [0.717, 1.165) is 23.5 Å². The lowest BCUT2D eigenvalue weighted by Crippen LogP contribution is -2.09.